The summed E-state index contributed by atoms with van der Waals surface area (Å²) in [5.41, 5.74) is 0. The van der Waals surface area contributed by atoms with Gasteiger partial charge in [-0.2, -0.15) is 8.78 Å². The zero-order valence-corrected chi connectivity index (χ0v) is 15.9. The summed E-state index contributed by atoms with van der Waals surface area (Å²) < 4.78 is 75.0. The molecule has 0 aromatic heterocycles. The normalized spacial score (nSPS) is 17.1. The lowest BCUT2D eigenvalue weighted by Crippen LogP contribution is -2.22. The van der Waals surface area contributed by atoms with Gasteiger partial charge in [0.15, 0.2) is 23.7 Å². The van der Waals surface area contributed by atoms with Crippen molar-refractivity contribution in [2.45, 2.75) is 56.1 Å². The fourth-order valence-corrected chi connectivity index (χ4v) is 3.05. The molecule has 1 aliphatic heterocycles. The highest BCUT2D eigenvalue weighted by Gasteiger charge is 2.28. The van der Waals surface area contributed by atoms with E-state index in [9.17, 15) is 17.6 Å². The number of hydrogen-bond acceptors (Lipinski definition) is 7. The van der Waals surface area contributed by atoms with Gasteiger partial charge in [-0.05, 0) is 38.5 Å². The monoisotopic (exact) mass is 430 g/mol. The molecule has 1 unspecified atom stereocenters. The van der Waals surface area contributed by atoms with Gasteiger partial charge in [-0.15, -0.1) is 4.33 Å². The fourth-order valence-electron chi connectivity index (χ4n) is 2.63. The van der Waals surface area contributed by atoms with Crippen LogP contribution in [0, 0.1) is 23.3 Å². The zero-order chi connectivity index (χ0) is 20.4. The third kappa shape index (κ3) is 6.75. The Bertz CT molecular complexity index is 587. The summed E-state index contributed by atoms with van der Waals surface area (Å²) >= 11 is -0.218. The van der Waals surface area contributed by atoms with Crippen molar-refractivity contribution < 1.29 is 46.4 Å². The molecular formula is C17H22F4O6S. The fraction of sp³-hybridized carbons (Fsp3) is 0.647. The molecule has 0 spiro atoms. The van der Waals surface area contributed by atoms with Crippen LogP contribution in [0.4, 0.5) is 17.6 Å². The summed E-state index contributed by atoms with van der Waals surface area (Å²) in [5.74, 6) is -7.94. The van der Waals surface area contributed by atoms with Gasteiger partial charge in [0, 0.05) is 13.2 Å². The molecule has 11 heteroatoms. The van der Waals surface area contributed by atoms with Crippen molar-refractivity contribution in [2.24, 2.45) is 0 Å². The largest absolute Gasteiger partial charge is 0.487 e. The lowest BCUT2D eigenvalue weighted by molar-refractivity contribution is -0.432. The first kappa shape index (κ1) is 23.2. The minimum atomic E-state index is -1.71. The maximum Gasteiger partial charge on any atom is 0.205 e. The summed E-state index contributed by atoms with van der Waals surface area (Å²) in [4.78, 5) is -1.14. The molecule has 1 aliphatic rings. The molecule has 1 fully saturated rings. The van der Waals surface area contributed by atoms with Crippen LogP contribution < -0.4 is 4.74 Å². The Kier molecular flexibility index (Phi) is 10.3. The van der Waals surface area contributed by atoms with E-state index in [1.165, 1.54) is 0 Å². The van der Waals surface area contributed by atoms with E-state index in [1.807, 2.05) is 0 Å². The molecule has 1 atom stereocenters. The van der Waals surface area contributed by atoms with Crippen LogP contribution in [0.5, 0.6) is 5.75 Å². The second kappa shape index (κ2) is 12.5. The van der Waals surface area contributed by atoms with Crippen LogP contribution in [0.15, 0.2) is 4.90 Å². The van der Waals surface area contributed by atoms with Crippen LogP contribution in [0.1, 0.15) is 44.9 Å². The van der Waals surface area contributed by atoms with Crippen molar-refractivity contribution in [3.8, 4) is 5.75 Å². The number of rotatable bonds is 12. The molecular weight excluding hydrogens is 408 g/mol. The number of halogens is 4. The first-order valence-corrected chi connectivity index (χ1v) is 9.67. The summed E-state index contributed by atoms with van der Waals surface area (Å²) in [6, 6.07) is 0. The Balaban J connectivity index is 1.69. The highest BCUT2D eigenvalue weighted by Crippen LogP contribution is 2.35. The molecule has 0 bridgehead atoms. The molecule has 1 saturated heterocycles. The predicted molar refractivity (Wildman–Crippen MR) is 90.4 cm³/mol. The molecule has 1 heterocycles. The quantitative estimate of drug-likeness (QED) is 0.123. The molecule has 1 aromatic rings. The van der Waals surface area contributed by atoms with Crippen LogP contribution in [0.2, 0.25) is 0 Å². The number of ether oxygens (including phenoxy) is 3. The van der Waals surface area contributed by atoms with Gasteiger partial charge in [-0.3, -0.25) is 0 Å². The molecule has 160 valence electrons. The highest BCUT2D eigenvalue weighted by atomic mass is 32.2. The van der Waals surface area contributed by atoms with Crippen molar-refractivity contribution in [1.82, 2.24) is 0 Å². The summed E-state index contributed by atoms with van der Waals surface area (Å²) in [7, 11) is 0. The molecule has 1 aromatic carbocycles. The highest BCUT2D eigenvalue weighted by molar-refractivity contribution is 7.94. The van der Waals surface area contributed by atoms with E-state index < -0.39 is 33.9 Å². The number of hydrogen-bond donors (Lipinski definition) is 1. The van der Waals surface area contributed by atoms with E-state index >= 15 is 0 Å². The summed E-state index contributed by atoms with van der Waals surface area (Å²) in [6.07, 6.45) is 5.65. The number of benzene rings is 1. The molecule has 28 heavy (non-hydrogen) atoms. The van der Waals surface area contributed by atoms with Crippen LogP contribution in [0.25, 0.3) is 0 Å². The predicted octanol–water partition coefficient (Wildman–Crippen LogP) is 5.15. The molecule has 0 amide bonds. The van der Waals surface area contributed by atoms with Gasteiger partial charge >= 0.3 is 0 Å². The van der Waals surface area contributed by atoms with Crippen molar-refractivity contribution in [2.75, 3.05) is 19.8 Å². The van der Waals surface area contributed by atoms with Crippen molar-refractivity contribution in [3.05, 3.63) is 23.3 Å². The van der Waals surface area contributed by atoms with E-state index in [-0.39, 0.29) is 24.9 Å². The Hall–Kier alpha value is -1.11. The Morgan fingerprint density at radius 2 is 1.61 bits per heavy atom. The van der Waals surface area contributed by atoms with Crippen LogP contribution in [-0.4, -0.2) is 31.4 Å². The summed E-state index contributed by atoms with van der Waals surface area (Å²) in [6.45, 7) is 1.17. The summed E-state index contributed by atoms with van der Waals surface area (Å²) in [5, 5.41) is 11.1. The number of unbranched alkanes of at least 4 members (excludes halogenated alkanes) is 3. The van der Waals surface area contributed by atoms with Crippen molar-refractivity contribution >= 4 is 12.0 Å². The molecule has 0 aliphatic carbocycles. The average molecular weight is 430 g/mol. The second-order valence-electron chi connectivity index (χ2n) is 6.07. The smallest absolute Gasteiger partial charge is 0.205 e. The lowest BCUT2D eigenvalue weighted by Gasteiger charge is -2.22. The Morgan fingerprint density at radius 3 is 2.21 bits per heavy atom. The zero-order valence-electron chi connectivity index (χ0n) is 15.1. The van der Waals surface area contributed by atoms with E-state index in [0.29, 0.717) is 19.4 Å². The minimum absolute atomic E-state index is 0.109. The average Bonchev–Trinajstić information content (AvgIpc) is 2.71. The molecule has 2 rings (SSSR count). The SMILES string of the molecule is OOOSc1c(F)c(F)c(OCCCCCCOC2CCCCO2)c(F)c1F. The van der Waals surface area contributed by atoms with Crippen LogP contribution in [0.3, 0.4) is 0 Å². The van der Waals surface area contributed by atoms with Gasteiger partial charge < -0.3 is 14.2 Å². The maximum absolute atomic E-state index is 13.9. The van der Waals surface area contributed by atoms with Gasteiger partial charge in [0.1, 0.15) is 4.90 Å². The van der Waals surface area contributed by atoms with E-state index in [0.717, 1.165) is 38.7 Å². The Labute approximate surface area is 164 Å². The van der Waals surface area contributed by atoms with E-state index in [4.69, 9.17) is 19.5 Å². The first-order chi connectivity index (χ1) is 13.6. The van der Waals surface area contributed by atoms with Crippen LogP contribution >= 0.6 is 12.0 Å². The lowest BCUT2D eigenvalue weighted by atomic mass is 10.2. The van der Waals surface area contributed by atoms with Gasteiger partial charge in [-0.25, -0.2) is 14.0 Å². The third-order valence-electron chi connectivity index (χ3n) is 4.06. The topological polar surface area (TPSA) is 66.4 Å². The van der Waals surface area contributed by atoms with Crippen molar-refractivity contribution in [1.29, 1.82) is 0 Å². The molecule has 1 N–H and O–H groups in total. The van der Waals surface area contributed by atoms with E-state index in [1.54, 1.807) is 0 Å². The standard InChI is InChI=1S/C17H22F4O6S/c18-12-14(20)17(28-27-26-22)15(21)13(19)16(12)25-10-5-2-1-4-8-23-11-7-3-6-9-24-11/h11,22H,1-10H2. The second-order valence-corrected chi connectivity index (χ2v) is 6.78. The first-order valence-electron chi connectivity index (χ1n) is 8.93. The van der Waals surface area contributed by atoms with Gasteiger partial charge in [-0.1, -0.05) is 11.5 Å². The molecule has 0 radical (unpaired) electrons. The van der Waals surface area contributed by atoms with E-state index in [2.05, 4.69) is 9.37 Å². The molecule has 0 saturated carbocycles. The molecule has 6 nitrogen and oxygen atoms in total. The van der Waals surface area contributed by atoms with Crippen LogP contribution in [-0.2, 0) is 18.8 Å². The Morgan fingerprint density at radius 1 is 0.929 bits per heavy atom. The van der Waals surface area contributed by atoms with Gasteiger partial charge in [0.2, 0.25) is 11.6 Å². The van der Waals surface area contributed by atoms with Gasteiger partial charge in [0.05, 0.1) is 18.6 Å². The maximum atomic E-state index is 13.9. The minimum Gasteiger partial charge on any atom is -0.487 e. The van der Waals surface area contributed by atoms with Crippen molar-refractivity contribution in [3.63, 3.8) is 0 Å². The third-order valence-corrected chi connectivity index (χ3v) is 4.71. The van der Waals surface area contributed by atoms with Gasteiger partial charge in [0.25, 0.3) is 0 Å².